The molecule has 0 saturated heterocycles. The highest BCUT2D eigenvalue weighted by Gasteiger charge is 2.54. The van der Waals surface area contributed by atoms with E-state index in [0.29, 0.717) is 17.8 Å². The SMILES string of the molecule is CO/N=C1\CC[C@H]2[C@@H]3CCc4cc(OC(C)=O)c([N+](=O)[O-])cc4[C@H]3CC[C@]12C. The maximum absolute atomic E-state index is 11.6. The van der Waals surface area contributed by atoms with Crippen LogP contribution < -0.4 is 4.74 Å². The van der Waals surface area contributed by atoms with Gasteiger partial charge in [0.1, 0.15) is 7.11 Å². The number of ether oxygens (including phenoxy) is 1. The van der Waals surface area contributed by atoms with Gasteiger partial charge in [-0.2, -0.15) is 0 Å². The molecule has 0 heterocycles. The molecule has 3 aliphatic rings. The first-order chi connectivity index (χ1) is 13.3. The maximum Gasteiger partial charge on any atom is 0.311 e. The molecule has 0 amide bonds. The summed E-state index contributed by atoms with van der Waals surface area (Å²) >= 11 is 0. The molecule has 0 N–H and O–H groups in total. The van der Waals surface area contributed by atoms with Crippen LogP contribution in [0, 0.1) is 27.4 Å². The van der Waals surface area contributed by atoms with E-state index in [1.807, 2.05) is 0 Å². The van der Waals surface area contributed by atoms with Gasteiger partial charge < -0.3 is 9.57 Å². The van der Waals surface area contributed by atoms with Gasteiger partial charge in [0.15, 0.2) is 0 Å². The van der Waals surface area contributed by atoms with Crippen molar-refractivity contribution in [2.75, 3.05) is 7.11 Å². The molecule has 0 unspecified atom stereocenters. The van der Waals surface area contributed by atoms with E-state index in [4.69, 9.17) is 9.57 Å². The molecular weight excluding hydrogens is 360 g/mol. The molecule has 0 spiro atoms. The third-order valence-corrected chi connectivity index (χ3v) is 7.20. The van der Waals surface area contributed by atoms with Gasteiger partial charge in [-0.3, -0.25) is 14.9 Å². The molecule has 3 aliphatic carbocycles. The fourth-order valence-electron chi connectivity index (χ4n) is 6.01. The van der Waals surface area contributed by atoms with E-state index in [1.54, 1.807) is 19.2 Å². The van der Waals surface area contributed by atoms with Gasteiger partial charge in [0, 0.05) is 18.4 Å². The Labute approximate surface area is 164 Å². The third kappa shape index (κ3) is 2.88. The molecule has 2 saturated carbocycles. The summed E-state index contributed by atoms with van der Waals surface area (Å²) in [5.41, 5.74) is 3.27. The Morgan fingerprint density at radius 1 is 1.29 bits per heavy atom. The maximum atomic E-state index is 11.6. The third-order valence-electron chi connectivity index (χ3n) is 7.20. The number of carbonyl (C=O) groups is 1. The molecule has 0 aromatic heterocycles. The minimum absolute atomic E-state index is 0.0609. The number of hydrogen-bond donors (Lipinski definition) is 0. The smallest absolute Gasteiger partial charge is 0.311 e. The Morgan fingerprint density at radius 3 is 2.75 bits per heavy atom. The first-order valence-electron chi connectivity index (χ1n) is 9.95. The second kappa shape index (κ2) is 6.87. The molecule has 7 nitrogen and oxygen atoms in total. The lowest BCUT2D eigenvalue weighted by Crippen LogP contribution is -2.42. The largest absolute Gasteiger partial charge is 0.419 e. The summed E-state index contributed by atoms with van der Waals surface area (Å²) in [7, 11) is 1.60. The van der Waals surface area contributed by atoms with Crippen LogP contribution in [0.2, 0.25) is 0 Å². The van der Waals surface area contributed by atoms with Crippen molar-refractivity contribution in [1.29, 1.82) is 0 Å². The number of hydrogen-bond acceptors (Lipinski definition) is 6. The highest BCUT2D eigenvalue weighted by Crippen LogP contribution is 2.60. The minimum Gasteiger partial charge on any atom is -0.419 e. The molecule has 4 atom stereocenters. The quantitative estimate of drug-likeness (QED) is 0.333. The Kier molecular flexibility index (Phi) is 4.63. The van der Waals surface area contributed by atoms with E-state index in [-0.39, 0.29) is 16.9 Å². The van der Waals surface area contributed by atoms with E-state index < -0.39 is 10.9 Å². The Hall–Kier alpha value is -2.44. The Bertz CT molecular complexity index is 865. The van der Waals surface area contributed by atoms with E-state index >= 15 is 0 Å². The first-order valence-corrected chi connectivity index (χ1v) is 9.95. The first kappa shape index (κ1) is 18.9. The number of nitro benzene ring substituents is 1. The van der Waals surface area contributed by atoms with E-state index in [1.165, 1.54) is 12.6 Å². The number of esters is 1. The predicted octanol–water partition coefficient (Wildman–Crippen LogP) is 4.38. The standard InChI is InChI=1S/C21H26N2O5/c1-12(24)28-19-10-13-4-5-15-14(16(13)11-18(19)23(25)26)8-9-21(2)17(15)6-7-20(21)22-27-3/h10-11,14-15,17H,4-9H2,1-3H3/b22-20+/t14-,15+,17-,21-/m0/s1. The number of rotatable bonds is 3. The summed E-state index contributed by atoms with van der Waals surface area (Å²) in [5.74, 6) is 0.857. The highest BCUT2D eigenvalue weighted by molar-refractivity contribution is 5.92. The lowest BCUT2D eigenvalue weighted by molar-refractivity contribution is -0.385. The summed E-state index contributed by atoms with van der Waals surface area (Å²) in [5, 5.41) is 15.9. The molecule has 1 aromatic carbocycles. The molecular formula is C21H26N2O5. The predicted molar refractivity (Wildman–Crippen MR) is 103 cm³/mol. The van der Waals surface area contributed by atoms with Crippen LogP contribution in [0.1, 0.15) is 63.0 Å². The summed E-state index contributed by atoms with van der Waals surface area (Å²) in [4.78, 5) is 27.6. The number of carbonyl (C=O) groups excluding carboxylic acids is 1. The van der Waals surface area contributed by atoms with Gasteiger partial charge in [-0.05, 0) is 73.5 Å². The van der Waals surface area contributed by atoms with Crippen molar-refractivity contribution >= 4 is 17.4 Å². The van der Waals surface area contributed by atoms with Crippen molar-refractivity contribution in [3.05, 3.63) is 33.4 Å². The van der Waals surface area contributed by atoms with Crippen molar-refractivity contribution in [3.8, 4) is 5.75 Å². The van der Waals surface area contributed by atoms with E-state index in [9.17, 15) is 14.9 Å². The van der Waals surface area contributed by atoms with Crippen LogP contribution in [-0.2, 0) is 16.1 Å². The van der Waals surface area contributed by atoms with Gasteiger partial charge in [-0.15, -0.1) is 0 Å². The van der Waals surface area contributed by atoms with Crippen LogP contribution in [-0.4, -0.2) is 23.7 Å². The highest BCUT2D eigenvalue weighted by atomic mass is 16.6. The van der Waals surface area contributed by atoms with Crippen LogP contribution in [0.3, 0.4) is 0 Å². The van der Waals surface area contributed by atoms with E-state index in [0.717, 1.165) is 49.7 Å². The van der Waals surface area contributed by atoms with Crippen LogP contribution in [0.4, 0.5) is 5.69 Å². The van der Waals surface area contributed by atoms with Crippen LogP contribution >= 0.6 is 0 Å². The van der Waals surface area contributed by atoms with Crippen LogP contribution in [0.25, 0.3) is 0 Å². The molecule has 0 radical (unpaired) electrons. The van der Waals surface area contributed by atoms with E-state index in [2.05, 4.69) is 12.1 Å². The lowest BCUT2D eigenvalue weighted by Gasteiger charge is -2.48. The second-order valence-electron chi connectivity index (χ2n) is 8.50. The molecule has 0 aliphatic heterocycles. The topological polar surface area (TPSA) is 91.0 Å². The van der Waals surface area contributed by atoms with Crippen molar-refractivity contribution in [2.24, 2.45) is 22.4 Å². The van der Waals surface area contributed by atoms with Crippen molar-refractivity contribution in [1.82, 2.24) is 0 Å². The number of nitro groups is 1. The molecule has 2 fully saturated rings. The van der Waals surface area contributed by atoms with Crippen LogP contribution in [0.15, 0.2) is 17.3 Å². The zero-order valence-electron chi connectivity index (χ0n) is 16.6. The second-order valence-corrected chi connectivity index (χ2v) is 8.50. The van der Waals surface area contributed by atoms with Crippen molar-refractivity contribution in [3.63, 3.8) is 0 Å². The normalized spacial score (nSPS) is 32.2. The summed E-state index contributed by atoms with van der Waals surface area (Å²) in [6.07, 6.45) is 5.97. The summed E-state index contributed by atoms with van der Waals surface area (Å²) in [6, 6.07) is 3.37. The molecule has 28 heavy (non-hydrogen) atoms. The average Bonchev–Trinajstić information content (AvgIpc) is 2.97. The Morgan fingerprint density at radius 2 is 2.07 bits per heavy atom. The molecule has 0 bridgehead atoms. The molecule has 1 aromatic rings. The number of nitrogens with zero attached hydrogens (tertiary/aromatic N) is 2. The fraction of sp³-hybridized carbons (Fsp3) is 0.619. The van der Waals surface area contributed by atoms with Crippen molar-refractivity contribution < 1.29 is 19.3 Å². The van der Waals surface area contributed by atoms with Gasteiger partial charge >= 0.3 is 11.7 Å². The zero-order chi connectivity index (χ0) is 20.1. The Balaban J connectivity index is 1.71. The van der Waals surface area contributed by atoms with Gasteiger partial charge in [0.25, 0.3) is 0 Å². The van der Waals surface area contributed by atoms with Crippen molar-refractivity contribution in [2.45, 2.75) is 58.3 Å². The number of fused-ring (bicyclic) bond motifs is 5. The number of aryl methyl sites for hydroxylation is 1. The van der Waals surface area contributed by atoms with Gasteiger partial charge in [0.2, 0.25) is 5.75 Å². The number of benzene rings is 1. The lowest BCUT2D eigenvalue weighted by atomic mass is 9.55. The molecule has 4 rings (SSSR count). The van der Waals surface area contributed by atoms with Gasteiger partial charge in [0.05, 0.1) is 10.6 Å². The average molecular weight is 386 g/mol. The number of oxime groups is 1. The zero-order valence-corrected chi connectivity index (χ0v) is 16.6. The summed E-state index contributed by atoms with van der Waals surface area (Å²) < 4.78 is 5.12. The van der Waals surface area contributed by atoms with Gasteiger partial charge in [-0.1, -0.05) is 12.1 Å². The molecule has 7 heteroatoms. The van der Waals surface area contributed by atoms with Crippen LogP contribution in [0.5, 0.6) is 5.75 Å². The van der Waals surface area contributed by atoms with Gasteiger partial charge in [-0.25, -0.2) is 0 Å². The monoisotopic (exact) mass is 386 g/mol. The minimum atomic E-state index is -0.541. The molecule has 150 valence electrons. The fourth-order valence-corrected chi connectivity index (χ4v) is 6.01. The summed E-state index contributed by atoms with van der Waals surface area (Å²) in [6.45, 7) is 3.57.